The molecule has 1 saturated heterocycles. The fraction of sp³-hybridized carbons (Fsp3) is 0.538. The standard InChI is InChI=1S/C13H18O6S/c1-10-3-5-11(6-4-10)12-17-7-13(2,8-18-12)9-19-20(14,15)16/h3-6,12H,7-9H2,1-2H3,(H,14,15,16). The van der Waals surface area contributed by atoms with Gasteiger partial charge in [0.05, 0.1) is 19.8 Å². The van der Waals surface area contributed by atoms with Crippen molar-refractivity contribution < 1.29 is 26.6 Å². The Balaban J connectivity index is 1.93. The van der Waals surface area contributed by atoms with Gasteiger partial charge in [0, 0.05) is 11.0 Å². The van der Waals surface area contributed by atoms with Gasteiger partial charge < -0.3 is 9.47 Å². The van der Waals surface area contributed by atoms with Crippen molar-refractivity contribution >= 4 is 10.4 Å². The molecule has 0 bridgehead atoms. The van der Waals surface area contributed by atoms with Crippen molar-refractivity contribution in [3.05, 3.63) is 35.4 Å². The highest BCUT2D eigenvalue weighted by atomic mass is 32.3. The van der Waals surface area contributed by atoms with Gasteiger partial charge in [-0.1, -0.05) is 36.8 Å². The summed E-state index contributed by atoms with van der Waals surface area (Å²) in [6.45, 7) is 4.13. The maximum atomic E-state index is 10.6. The van der Waals surface area contributed by atoms with E-state index in [-0.39, 0.29) is 19.8 Å². The van der Waals surface area contributed by atoms with Crippen molar-refractivity contribution in [2.24, 2.45) is 5.41 Å². The van der Waals surface area contributed by atoms with Crippen LogP contribution in [0.4, 0.5) is 0 Å². The van der Waals surface area contributed by atoms with Crippen LogP contribution in [0.25, 0.3) is 0 Å². The third-order valence-corrected chi connectivity index (χ3v) is 3.49. The second-order valence-electron chi connectivity index (χ2n) is 5.37. The minimum Gasteiger partial charge on any atom is -0.348 e. The minimum absolute atomic E-state index is 0.188. The summed E-state index contributed by atoms with van der Waals surface area (Å²) in [5.74, 6) is 0. The molecule has 0 amide bonds. The molecule has 1 aromatic rings. The number of ether oxygens (including phenoxy) is 2. The SMILES string of the molecule is Cc1ccc(C2OCC(C)(COS(=O)(=O)O)CO2)cc1. The van der Waals surface area contributed by atoms with Gasteiger partial charge in [0.1, 0.15) is 0 Å². The highest BCUT2D eigenvalue weighted by Crippen LogP contribution is 2.32. The van der Waals surface area contributed by atoms with E-state index >= 15 is 0 Å². The van der Waals surface area contributed by atoms with Crippen LogP contribution in [0.5, 0.6) is 0 Å². The molecule has 0 atom stereocenters. The monoisotopic (exact) mass is 302 g/mol. The van der Waals surface area contributed by atoms with Crippen molar-refractivity contribution in [1.82, 2.24) is 0 Å². The largest absolute Gasteiger partial charge is 0.397 e. The van der Waals surface area contributed by atoms with E-state index in [0.29, 0.717) is 0 Å². The summed E-state index contributed by atoms with van der Waals surface area (Å²) in [6, 6.07) is 7.79. The topological polar surface area (TPSA) is 82.1 Å². The molecule has 0 aliphatic carbocycles. The lowest BCUT2D eigenvalue weighted by atomic mass is 9.93. The second kappa shape index (κ2) is 5.79. The van der Waals surface area contributed by atoms with Crippen LogP contribution in [-0.2, 0) is 24.1 Å². The number of hydrogen-bond acceptors (Lipinski definition) is 5. The van der Waals surface area contributed by atoms with Gasteiger partial charge in [0.25, 0.3) is 0 Å². The zero-order valence-corrected chi connectivity index (χ0v) is 12.2. The first-order valence-electron chi connectivity index (χ1n) is 6.19. The predicted molar refractivity (Wildman–Crippen MR) is 71.4 cm³/mol. The first-order chi connectivity index (χ1) is 9.27. The number of aryl methyl sites for hydroxylation is 1. The molecule has 112 valence electrons. The Kier molecular flexibility index (Phi) is 4.46. The fourth-order valence-corrected chi connectivity index (χ4v) is 2.29. The third-order valence-electron chi connectivity index (χ3n) is 3.07. The van der Waals surface area contributed by atoms with Crippen LogP contribution in [0.15, 0.2) is 24.3 Å². The Hall–Kier alpha value is -0.990. The number of rotatable bonds is 4. The van der Waals surface area contributed by atoms with Crippen LogP contribution in [0.3, 0.4) is 0 Å². The van der Waals surface area contributed by atoms with E-state index in [1.807, 2.05) is 31.2 Å². The molecule has 20 heavy (non-hydrogen) atoms. The normalized spacial score (nSPS) is 27.4. The summed E-state index contributed by atoms with van der Waals surface area (Å²) in [7, 11) is -4.44. The molecule has 0 radical (unpaired) electrons. The molecule has 1 heterocycles. The zero-order valence-electron chi connectivity index (χ0n) is 11.4. The maximum absolute atomic E-state index is 10.6. The molecular formula is C13H18O6S. The van der Waals surface area contributed by atoms with E-state index in [0.717, 1.165) is 11.1 Å². The minimum atomic E-state index is -4.44. The van der Waals surface area contributed by atoms with E-state index in [1.54, 1.807) is 6.92 Å². The summed E-state index contributed by atoms with van der Waals surface area (Å²) in [5.41, 5.74) is 1.45. The summed E-state index contributed by atoms with van der Waals surface area (Å²) >= 11 is 0. The summed E-state index contributed by atoms with van der Waals surface area (Å²) in [4.78, 5) is 0. The van der Waals surface area contributed by atoms with Crippen LogP contribution in [0.2, 0.25) is 0 Å². The van der Waals surface area contributed by atoms with E-state index in [1.165, 1.54) is 0 Å². The smallest absolute Gasteiger partial charge is 0.348 e. The molecule has 0 saturated carbocycles. The lowest BCUT2D eigenvalue weighted by molar-refractivity contribution is -0.235. The summed E-state index contributed by atoms with van der Waals surface area (Å²) in [5, 5.41) is 0. The van der Waals surface area contributed by atoms with Crippen molar-refractivity contribution in [2.75, 3.05) is 19.8 Å². The molecule has 1 aliphatic heterocycles. The van der Waals surface area contributed by atoms with Gasteiger partial charge in [-0.2, -0.15) is 8.42 Å². The van der Waals surface area contributed by atoms with E-state index in [2.05, 4.69) is 4.18 Å². The van der Waals surface area contributed by atoms with Gasteiger partial charge in [-0.25, -0.2) is 4.18 Å². The molecule has 6 nitrogen and oxygen atoms in total. The van der Waals surface area contributed by atoms with Gasteiger partial charge in [-0.15, -0.1) is 0 Å². The molecule has 0 aromatic heterocycles. The van der Waals surface area contributed by atoms with Gasteiger partial charge >= 0.3 is 10.4 Å². The third kappa shape index (κ3) is 4.26. The molecule has 2 rings (SSSR count). The fourth-order valence-electron chi connectivity index (χ4n) is 1.86. The average molecular weight is 302 g/mol. The van der Waals surface area contributed by atoms with E-state index in [4.69, 9.17) is 14.0 Å². The second-order valence-corrected chi connectivity index (χ2v) is 6.46. The Bertz CT molecular complexity index is 543. The Morgan fingerprint density at radius 1 is 1.30 bits per heavy atom. The Morgan fingerprint density at radius 2 is 1.85 bits per heavy atom. The number of benzene rings is 1. The molecule has 1 fully saturated rings. The molecule has 1 aliphatic rings. The van der Waals surface area contributed by atoms with Crippen molar-refractivity contribution in [2.45, 2.75) is 20.1 Å². The van der Waals surface area contributed by atoms with Gasteiger partial charge in [0.2, 0.25) is 0 Å². The van der Waals surface area contributed by atoms with E-state index in [9.17, 15) is 8.42 Å². The quantitative estimate of drug-likeness (QED) is 0.855. The Labute approximate surface area is 118 Å². The molecule has 7 heteroatoms. The van der Waals surface area contributed by atoms with Crippen LogP contribution in [0.1, 0.15) is 24.3 Å². The maximum Gasteiger partial charge on any atom is 0.397 e. The highest BCUT2D eigenvalue weighted by Gasteiger charge is 2.35. The van der Waals surface area contributed by atoms with Gasteiger partial charge in [-0.05, 0) is 6.92 Å². The van der Waals surface area contributed by atoms with Crippen LogP contribution in [0, 0.1) is 12.3 Å². The van der Waals surface area contributed by atoms with Crippen molar-refractivity contribution in [3.63, 3.8) is 0 Å². The summed E-state index contributed by atoms with van der Waals surface area (Å²) in [6.07, 6.45) is -0.464. The van der Waals surface area contributed by atoms with Crippen LogP contribution < -0.4 is 0 Å². The highest BCUT2D eigenvalue weighted by molar-refractivity contribution is 7.80. The predicted octanol–water partition coefficient (Wildman–Crippen LogP) is 1.87. The van der Waals surface area contributed by atoms with Crippen molar-refractivity contribution in [3.8, 4) is 0 Å². The van der Waals surface area contributed by atoms with Gasteiger partial charge in [0.15, 0.2) is 6.29 Å². The first-order valence-corrected chi connectivity index (χ1v) is 7.56. The molecule has 0 unspecified atom stereocenters. The Morgan fingerprint density at radius 3 is 2.35 bits per heavy atom. The lowest BCUT2D eigenvalue weighted by Gasteiger charge is -2.36. The molecule has 0 spiro atoms. The van der Waals surface area contributed by atoms with Crippen LogP contribution >= 0.6 is 0 Å². The number of hydrogen-bond donors (Lipinski definition) is 1. The summed E-state index contributed by atoms with van der Waals surface area (Å²) < 4.78 is 45.4. The molecule has 1 aromatic carbocycles. The van der Waals surface area contributed by atoms with Crippen LogP contribution in [-0.4, -0.2) is 32.8 Å². The lowest BCUT2D eigenvalue weighted by Crippen LogP contribution is -2.40. The first kappa shape index (κ1) is 15.4. The molecular weight excluding hydrogens is 284 g/mol. The van der Waals surface area contributed by atoms with Crippen molar-refractivity contribution in [1.29, 1.82) is 0 Å². The molecule has 1 N–H and O–H groups in total. The van der Waals surface area contributed by atoms with E-state index < -0.39 is 22.1 Å². The average Bonchev–Trinajstić information content (AvgIpc) is 2.38. The zero-order chi connectivity index (χ0) is 14.8. The van der Waals surface area contributed by atoms with Gasteiger partial charge in [-0.3, -0.25) is 4.55 Å².